The molecule has 112 valence electrons. The molecule has 0 unspecified atom stereocenters. The lowest BCUT2D eigenvalue weighted by Gasteiger charge is -2.14. The van der Waals surface area contributed by atoms with Crippen LogP contribution in [0.25, 0.3) is 11.4 Å². The molecule has 0 aliphatic heterocycles. The van der Waals surface area contributed by atoms with Gasteiger partial charge < -0.3 is 5.32 Å². The van der Waals surface area contributed by atoms with Crippen molar-refractivity contribution < 1.29 is 0 Å². The van der Waals surface area contributed by atoms with Crippen molar-refractivity contribution in [1.82, 2.24) is 9.97 Å². The average Bonchev–Trinajstić information content (AvgIpc) is 2.39. The molecule has 1 N–H and O–H groups in total. The fourth-order valence-electron chi connectivity index (χ4n) is 1.94. The van der Waals surface area contributed by atoms with Crippen LogP contribution in [0.15, 0.2) is 18.2 Å². The van der Waals surface area contributed by atoms with Gasteiger partial charge >= 0.3 is 0 Å². The number of nitrogens with one attached hydrogen (secondary N) is 1. The van der Waals surface area contributed by atoms with Gasteiger partial charge in [-0.05, 0) is 53.6 Å². The number of halogens is 3. The Morgan fingerprint density at radius 3 is 2.29 bits per heavy atom. The minimum absolute atomic E-state index is 0.311. The fraction of sp³-hybridized carbons (Fsp3) is 0.333. The minimum atomic E-state index is 0.311. The van der Waals surface area contributed by atoms with Gasteiger partial charge in [0.25, 0.3) is 0 Å². The van der Waals surface area contributed by atoms with Crippen LogP contribution in [0.1, 0.15) is 32.4 Å². The summed E-state index contributed by atoms with van der Waals surface area (Å²) in [4.78, 5) is 9.30. The van der Waals surface area contributed by atoms with E-state index < -0.39 is 0 Å². The van der Waals surface area contributed by atoms with Crippen LogP contribution in [-0.4, -0.2) is 16.5 Å². The van der Waals surface area contributed by atoms with Crippen LogP contribution in [0.3, 0.4) is 0 Å². The summed E-state index contributed by atoms with van der Waals surface area (Å²) >= 11 is 14.4. The van der Waals surface area contributed by atoms with E-state index in [9.17, 15) is 0 Å². The van der Waals surface area contributed by atoms with E-state index >= 15 is 0 Å². The molecule has 0 aliphatic rings. The molecule has 0 spiro atoms. The molecule has 1 heterocycles. The van der Waals surface area contributed by atoms with Gasteiger partial charge in [0.1, 0.15) is 5.82 Å². The number of aromatic nitrogens is 2. The Kier molecular flexibility index (Phi) is 5.68. The second kappa shape index (κ2) is 7.11. The standard InChI is InChI=1S/C15H16Cl2IN3/c1-4-19-15-12(18)13(8(2)3)20-14(21-15)9-5-10(16)7-11(17)6-9/h5-8H,4H2,1-3H3,(H,19,20,21). The van der Waals surface area contributed by atoms with Crippen molar-refractivity contribution in [3.63, 3.8) is 0 Å². The molecule has 1 aromatic carbocycles. The Morgan fingerprint density at radius 2 is 1.76 bits per heavy atom. The number of benzene rings is 1. The summed E-state index contributed by atoms with van der Waals surface area (Å²) < 4.78 is 1.06. The van der Waals surface area contributed by atoms with Gasteiger partial charge in [-0.25, -0.2) is 9.97 Å². The van der Waals surface area contributed by atoms with Gasteiger partial charge in [-0.2, -0.15) is 0 Å². The molecule has 0 saturated carbocycles. The molecule has 0 aliphatic carbocycles. The van der Waals surface area contributed by atoms with E-state index in [1.54, 1.807) is 6.07 Å². The maximum Gasteiger partial charge on any atom is 0.161 e. The summed E-state index contributed by atoms with van der Waals surface area (Å²) in [5.41, 5.74) is 1.85. The van der Waals surface area contributed by atoms with E-state index in [0.717, 1.165) is 27.2 Å². The summed E-state index contributed by atoms with van der Waals surface area (Å²) in [6.45, 7) is 7.09. The zero-order valence-corrected chi connectivity index (χ0v) is 15.7. The molecular formula is C15H16Cl2IN3. The third kappa shape index (κ3) is 3.99. The largest absolute Gasteiger partial charge is 0.369 e. The first kappa shape index (κ1) is 16.8. The van der Waals surface area contributed by atoms with Crippen LogP contribution >= 0.6 is 45.8 Å². The highest BCUT2D eigenvalue weighted by Gasteiger charge is 2.16. The van der Waals surface area contributed by atoms with Crippen LogP contribution in [0.4, 0.5) is 5.82 Å². The molecule has 1 aromatic heterocycles. The van der Waals surface area contributed by atoms with E-state index in [-0.39, 0.29) is 0 Å². The second-order valence-corrected chi connectivity index (χ2v) is 6.89. The maximum atomic E-state index is 6.08. The number of hydrogen-bond donors (Lipinski definition) is 1. The molecule has 2 rings (SSSR count). The molecule has 0 amide bonds. The van der Waals surface area contributed by atoms with Crippen molar-refractivity contribution in [2.45, 2.75) is 26.7 Å². The highest BCUT2D eigenvalue weighted by Crippen LogP contribution is 2.30. The van der Waals surface area contributed by atoms with E-state index in [1.165, 1.54) is 0 Å². The topological polar surface area (TPSA) is 37.8 Å². The molecule has 0 bridgehead atoms. The first-order valence-electron chi connectivity index (χ1n) is 6.70. The zero-order valence-electron chi connectivity index (χ0n) is 12.0. The summed E-state index contributed by atoms with van der Waals surface area (Å²) in [5.74, 6) is 1.80. The number of anilines is 1. The highest BCUT2D eigenvalue weighted by atomic mass is 127. The van der Waals surface area contributed by atoms with Crippen LogP contribution in [0.2, 0.25) is 10.0 Å². The Hall–Kier alpha value is -0.590. The molecule has 0 radical (unpaired) electrons. The quantitative estimate of drug-likeness (QED) is 0.634. The van der Waals surface area contributed by atoms with E-state index in [2.05, 4.69) is 46.7 Å². The predicted molar refractivity (Wildman–Crippen MR) is 98.5 cm³/mol. The number of hydrogen-bond acceptors (Lipinski definition) is 3. The van der Waals surface area contributed by atoms with Gasteiger partial charge in [0.05, 0.1) is 9.26 Å². The molecule has 0 atom stereocenters. The average molecular weight is 436 g/mol. The molecular weight excluding hydrogens is 420 g/mol. The zero-order chi connectivity index (χ0) is 15.6. The second-order valence-electron chi connectivity index (χ2n) is 4.94. The molecule has 2 aromatic rings. The molecule has 6 heteroatoms. The van der Waals surface area contributed by atoms with Crippen molar-refractivity contribution in [3.05, 3.63) is 37.5 Å². The third-order valence-electron chi connectivity index (χ3n) is 2.89. The van der Waals surface area contributed by atoms with E-state index in [1.807, 2.05) is 19.1 Å². The van der Waals surface area contributed by atoms with Crippen LogP contribution < -0.4 is 5.32 Å². The van der Waals surface area contributed by atoms with Gasteiger partial charge in [-0.1, -0.05) is 37.0 Å². The lowest BCUT2D eigenvalue weighted by molar-refractivity contribution is 0.808. The number of rotatable bonds is 4. The Morgan fingerprint density at radius 1 is 1.14 bits per heavy atom. The van der Waals surface area contributed by atoms with Crippen molar-refractivity contribution >= 4 is 51.6 Å². The molecule has 0 fully saturated rings. The van der Waals surface area contributed by atoms with Gasteiger partial charge in [0, 0.05) is 22.2 Å². The van der Waals surface area contributed by atoms with Crippen LogP contribution in [0.5, 0.6) is 0 Å². The molecule has 3 nitrogen and oxygen atoms in total. The summed E-state index contributed by atoms with van der Waals surface area (Å²) in [6.07, 6.45) is 0. The minimum Gasteiger partial charge on any atom is -0.369 e. The Bertz CT molecular complexity index is 639. The summed E-state index contributed by atoms with van der Waals surface area (Å²) in [5, 5.41) is 4.44. The van der Waals surface area contributed by atoms with Gasteiger partial charge in [0.2, 0.25) is 0 Å². The molecule has 21 heavy (non-hydrogen) atoms. The first-order valence-corrected chi connectivity index (χ1v) is 8.53. The first-order chi connectivity index (χ1) is 9.92. The lowest BCUT2D eigenvalue weighted by atomic mass is 10.1. The maximum absolute atomic E-state index is 6.08. The summed E-state index contributed by atoms with van der Waals surface area (Å²) in [6, 6.07) is 5.36. The van der Waals surface area contributed by atoms with Crippen LogP contribution in [0, 0.1) is 3.57 Å². The van der Waals surface area contributed by atoms with Crippen molar-refractivity contribution in [2.24, 2.45) is 0 Å². The van der Waals surface area contributed by atoms with Crippen LogP contribution in [-0.2, 0) is 0 Å². The lowest BCUT2D eigenvalue weighted by Crippen LogP contribution is -2.09. The normalized spacial score (nSPS) is 11.0. The summed E-state index contributed by atoms with van der Waals surface area (Å²) in [7, 11) is 0. The van der Waals surface area contributed by atoms with E-state index in [0.29, 0.717) is 21.8 Å². The fourth-order valence-corrected chi connectivity index (χ4v) is 3.52. The monoisotopic (exact) mass is 435 g/mol. The Balaban J connectivity index is 2.62. The van der Waals surface area contributed by atoms with Gasteiger partial charge in [0.15, 0.2) is 5.82 Å². The molecule has 0 saturated heterocycles. The predicted octanol–water partition coefficient (Wildman–Crippen LogP) is 5.61. The van der Waals surface area contributed by atoms with Gasteiger partial charge in [-0.3, -0.25) is 0 Å². The van der Waals surface area contributed by atoms with Crippen molar-refractivity contribution in [3.8, 4) is 11.4 Å². The van der Waals surface area contributed by atoms with Crippen molar-refractivity contribution in [2.75, 3.05) is 11.9 Å². The smallest absolute Gasteiger partial charge is 0.161 e. The Labute approximate surface area is 148 Å². The highest BCUT2D eigenvalue weighted by molar-refractivity contribution is 14.1. The van der Waals surface area contributed by atoms with E-state index in [4.69, 9.17) is 28.2 Å². The van der Waals surface area contributed by atoms with Crippen molar-refractivity contribution in [1.29, 1.82) is 0 Å². The van der Waals surface area contributed by atoms with Gasteiger partial charge in [-0.15, -0.1) is 0 Å². The SMILES string of the molecule is CCNc1nc(-c2cc(Cl)cc(Cl)c2)nc(C(C)C)c1I. The third-order valence-corrected chi connectivity index (χ3v) is 4.39. The number of nitrogens with zero attached hydrogens (tertiary/aromatic N) is 2.